The average molecular weight is 532 g/mol. The van der Waals surface area contributed by atoms with Gasteiger partial charge in [0.15, 0.2) is 6.10 Å². The van der Waals surface area contributed by atoms with Crippen molar-refractivity contribution in [1.29, 1.82) is 0 Å². The van der Waals surface area contributed by atoms with Gasteiger partial charge in [0.05, 0.1) is 11.0 Å². The lowest BCUT2D eigenvalue weighted by Crippen LogP contribution is -2.56. The number of pyridine rings is 1. The molecule has 1 saturated heterocycles. The van der Waals surface area contributed by atoms with Crippen LogP contribution in [0.2, 0.25) is 0 Å². The van der Waals surface area contributed by atoms with Crippen molar-refractivity contribution in [1.82, 2.24) is 4.98 Å². The number of hydrogen-bond donors (Lipinski definition) is 0. The lowest BCUT2D eigenvalue weighted by atomic mass is 9.46. The van der Waals surface area contributed by atoms with Crippen LogP contribution in [0.15, 0.2) is 54.1 Å². The van der Waals surface area contributed by atoms with E-state index < -0.39 is 11.5 Å². The van der Waals surface area contributed by atoms with Gasteiger partial charge in [0.2, 0.25) is 0 Å². The van der Waals surface area contributed by atoms with Gasteiger partial charge in [0, 0.05) is 24.4 Å². The van der Waals surface area contributed by atoms with Crippen LogP contribution in [-0.2, 0) is 23.9 Å². The molecule has 1 aliphatic heterocycles. The van der Waals surface area contributed by atoms with Gasteiger partial charge in [0.1, 0.15) is 30.3 Å². The van der Waals surface area contributed by atoms with Gasteiger partial charge in [-0.05, 0) is 68.9 Å². The Kier molecular flexibility index (Phi) is 7.12. The summed E-state index contributed by atoms with van der Waals surface area (Å²) >= 11 is 0. The molecule has 2 aliphatic carbocycles. The fraction of sp³-hybridized carbons (Fsp3) is 0.500. The summed E-state index contributed by atoms with van der Waals surface area (Å²) in [6, 6.07) is 9.73. The number of carbonyl (C=O) groups excluding carboxylic acids is 3. The minimum atomic E-state index is -0.734. The number of aryl methyl sites for hydroxylation is 1. The molecule has 3 fully saturated rings. The second-order valence-electron chi connectivity index (χ2n) is 11.8. The van der Waals surface area contributed by atoms with Gasteiger partial charge in [-0.15, -0.1) is 0 Å². The van der Waals surface area contributed by atoms with Crippen molar-refractivity contribution >= 4 is 28.6 Å². The van der Waals surface area contributed by atoms with Crippen molar-refractivity contribution < 1.29 is 28.6 Å². The number of fused-ring (bicyclic) bond motifs is 2. The molecule has 0 spiro atoms. The van der Waals surface area contributed by atoms with E-state index in [0.29, 0.717) is 24.2 Å². The van der Waals surface area contributed by atoms with E-state index in [4.69, 9.17) is 14.2 Å². The number of aromatic nitrogens is 1. The van der Waals surface area contributed by atoms with Crippen LogP contribution >= 0.6 is 0 Å². The van der Waals surface area contributed by atoms with Crippen LogP contribution in [0.4, 0.5) is 0 Å². The van der Waals surface area contributed by atoms with Crippen LogP contribution in [0.25, 0.3) is 10.9 Å². The number of ether oxygens (including phenoxy) is 3. The Bertz CT molecular complexity index is 1380. The Morgan fingerprint density at radius 1 is 1.21 bits per heavy atom. The number of hydrogen-bond acceptors (Lipinski definition) is 7. The van der Waals surface area contributed by atoms with Crippen LogP contribution in [0.5, 0.6) is 5.75 Å². The molecule has 7 nitrogen and oxygen atoms in total. The Morgan fingerprint density at radius 2 is 2.00 bits per heavy atom. The quantitative estimate of drug-likeness (QED) is 0.269. The van der Waals surface area contributed by atoms with Gasteiger partial charge in [-0.25, -0.2) is 9.78 Å². The number of esters is 2. The summed E-state index contributed by atoms with van der Waals surface area (Å²) in [5.74, 6) is 0.150. The molecule has 0 bridgehead atoms. The van der Waals surface area contributed by atoms with E-state index >= 15 is 0 Å². The van der Waals surface area contributed by atoms with Crippen molar-refractivity contribution in [2.45, 2.75) is 65.9 Å². The van der Waals surface area contributed by atoms with E-state index in [-0.39, 0.29) is 48.2 Å². The molecule has 1 aromatic carbocycles. The molecule has 3 aliphatic rings. The molecule has 7 heteroatoms. The van der Waals surface area contributed by atoms with Crippen LogP contribution in [-0.4, -0.2) is 42.0 Å². The number of Topliss-reactive ketones (excluding diaryl/α,β-unsaturated/α-hetero) is 1. The standard InChI is InChI=1S/C32H37NO6/c1-19-9-14-27-31(4,16-15-28(35)32(27,5)18-38-21(3)34)24(19)13-12-23-26(17-37-30(23)36)39-25-8-6-7-22-11-10-20(2)33-29(22)25/h6-8,10-12,24,26-27H,1,9,13-18H2,2-5H3/b23-12+/t24-,26+,27+,31+,32+/m1/s1. The zero-order chi connectivity index (χ0) is 27.9. The van der Waals surface area contributed by atoms with Gasteiger partial charge >= 0.3 is 11.9 Å². The van der Waals surface area contributed by atoms with E-state index in [1.165, 1.54) is 6.92 Å². The number of rotatable bonds is 6. The minimum absolute atomic E-state index is 0.0482. The van der Waals surface area contributed by atoms with Gasteiger partial charge in [-0.3, -0.25) is 9.59 Å². The van der Waals surface area contributed by atoms with Crippen molar-refractivity contribution in [3.8, 4) is 5.75 Å². The first-order valence-electron chi connectivity index (χ1n) is 13.8. The Balaban J connectivity index is 1.41. The maximum atomic E-state index is 13.1. The SMILES string of the molecule is C=C1CC[C@H]2[C@@](C)(CCC(=O)[C@@]2(C)COC(C)=O)[C@@H]1C/C=C1/C(=O)OC[C@@H]1Oc1cccc2ccc(C)nc12. The highest BCUT2D eigenvalue weighted by Crippen LogP contribution is 2.61. The lowest BCUT2D eigenvalue weighted by Gasteiger charge is -2.57. The molecular formula is C32H37NO6. The molecule has 2 aromatic rings. The molecule has 2 heterocycles. The molecule has 1 aromatic heterocycles. The number of allylic oxidation sites excluding steroid dienone is 2. The first kappa shape index (κ1) is 27.1. The fourth-order valence-corrected chi connectivity index (χ4v) is 7.15. The van der Waals surface area contributed by atoms with E-state index in [1.54, 1.807) is 0 Å². The molecule has 2 saturated carbocycles. The molecule has 0 N–H and O–H groups in total. The third kappa shape index (κ3) is 4.88. The summed E-state index contributed by atoms with van der Waals surface area (Å²) < 4.78 is 17.2. The van der Waals surface area contributed by atoms with Crippen molar-refractivity contribution in [2.75, 3.05) is 13.2 Å². The monoisotopic (exact) mass is 531 g/mol. The van der Waals surface area contributed by atoms with Gasteiger partial charge < -0.3 is 14.2 Å². The van der Waals surface area contributed by atoms with E-state index in [1.807, 2.05) is 50.3 Å². The Labute approximate surface area is 229 Å². The van der Waals surface area contributed by atoms with E-state index in [2.05, 4.69) is 18.5 Å². The number of benzene rings is 1. The molecule has 5 atom stereocenters. The third-order valence-corrected chi connectivity index (χ3v) is 9.32. The van der Waals surface area contributed by atoms with E-state index in [9.17, 15) is 14.4 Å². The highest BCUT2D eigenvalue weighted by atomic mass is 16.6. The number of para-hydroxylation sites is 1. The first-order chi connectivity index (χ1) is 18.5. The second-order valence-corrected chi connectivity index (χ2v) is 11.8. The van der Waals surface area contributed by atoms with Crippen LogP contribution in [0.1, 0.15) is 58.6 Å². The number of ketones is 1. The van der Waals surface area contributed by atoms with E-state index in [0.717, 1.165) is 41.4 Å². The molecule has 206 valence electrons. The van der Waals surface area contributed by atoms with Gasteiger partial charge in [0.25, 0.3) is 0 Å². The summed E-state index contributed by atoms with van der Waals surface area (Å²) in [5.41, 5.74) is 2.33. The second kappa shape index (κ2) is 10.2. The summed E-state index contributed by atoms with van der Waals surface area (Å²) in [4.78, 5) is 42.2. The molecular weight excluding hydrogens is 494 g/mol. The highest BCUT2D eigenvalue weighted by molar-refractivity contribution is 5.92. The zero-order valence-electron chi connectivity index (χ0n) is 23.2. The van der Waals surface area contributed by atoms with Crippen molar-refractivity contribution in [3.05, 3.63) is 59.8 Å². The normalized spacial score (nSPS) is 31.7. The molecule has 0 radical (unpaired) electrons. The molecule has 5 rings (SSSR count). The Hall–Kier alpha value is -3.48. The minimum Gasteiger partial charge on any atom is -0.480 e. The van der Waals surface area contributed by atoms with Crippen molar-refractivity contribution in [2.24, 2.45) is 22.7 Å². The zero-order valence-corrected chi connectivity index (χ0v) is 23.2. The Morgan fingerprint density at radius 3 is 2.77 bits per heavy atom. The summed E-state index contributed by atoms with van der Waals surface area (Å²) in [7, 11) is 0. The van der Waals surface area contributed by atoms with Crippen molar-refractivity contribution in [3.63, 3.8) is 0 Å². The summed E-state index contributed by atoms with van der Waals surface area (Å²) in [6.07, 6.45) is 4.81. The number of nitrogens with zero attached hydrogens (tertiary/aromatic N) is 1. The molecule has 39 heavy (non-hydrogen) atoms. The fourth-order valence-electron chi connectivity index (χ4n) is 7.15. The predicted molar refractivity (Wildman–Crippen MR) is 147 cm³/mol. The maximum absolute atomic E-state index is 13.1. The lowest BCUT2D eigenvalue weighted by molar-refractivity contribution is -0.162. The van der Waals surface area contributed by atoms with Gasteiger partial charge in [-0.1, -0.05) is 43.4 Å². The summed E-state index contributed by atoms with van der Waals surface area (Å²) in [5, 5.41) is 0.968. The molecule has 0 amide bonds. The predicted octanol–water partition coefficient (Wildman–Crippen LogP) is 5.68. The third-order valence-electron chi connectivity index (χ3n) is 9.32. The largest absolute Gasteiger partial charge is 0.480 e. The van der Waals surface area contributed by atoms with Crippen LogP contribution in [0, 0.1) is 29.6 Å². The molecule has 0 unspecified atom stereocenters. The highest BCUT2D eigenvalue weighted by Gasteiger charge is 2.58. The average Bonchev–Trinajstić information content (AvgIpc) is 3.24. The topological polar surface area (TPSA) is 91.8 Å². The summed E-state index contributed by atoms with van der Waals surface area (Å²) in [6.45, 7) is 12.1. The number of carbonyl (C=O) groups is 3. The van der Waals surface area contributed by atoms with Gasteiger partial charge in [-0.2, -0.15) is 0 Å². The maximum Gasteiger partial charge on any atom is 0.337 e. The van der Waals surface area contributed by atoms with Crippen LogP contribution in [0.3, 0.4) is 0 Å². The first-order valence-corrected chi connectivity index (χ1v) is 13.8. The smallest absolute Gasteiger partial charge is 0.337 e. The number of cyclic esters (lactones) is 1. The van der Waals surface area contributed by atoms with Crippen LogP contribution < -0.4 is 4.74 Å².